The highest BCUT2D eigenvalue weighted by Gasteiger charge is 2.25. The van der Waals surface area contributed by atoms with Crippen molar-refractivity contribution in [1.29, 1.82) is 0 Å². The second-order valence-corrected chi connectivity index (χ2v) is 6.66. The maximum Gasteiger partial charge on any atom is 0.265 e. The van der Waals surface area contributed by atoms with E-state index in [1.165, 1.54) is 11.3 Å². The van der Waals surface area contributed by atoms with Crippen molar-refractivity contribution in [2.24, 2.45) is 5.92 Å². The Morgan fingerprint density at radius 3 is 2.95 bits per heavy atom. The molecule has 0 bridgehead atoms. The first-order valence-electron chi connectivity index (χ1n) is 6.99. The van der Waals surface area contributed by atoms with Crippen molar-refractivity contribution in [3.05, 3.63) is 17.3 Å². The lowest BCUT2D eigenvalue weighted by Gasteiger charge is -2.20. The van der Waals surface area contributed by atoms with E-state index in [-0.39, 0.29) is 5.91 Å². The fraction of sp³-hybridized carbons (Fsp3) is 0.500. The molecule has 3 rings (SSSR count). The summed E-state index contributed by atoms with van der Waals surface area (Å²) in [5.41, 5.74) is 7.13. The second kappa shape index (κ2) is 5.57. The van der Waals surface area contributed by atoms with Crippen LogP contribution in [0.5, 0.6) is 0 Å². The Hall–Kier alpha value is -1.73. The lowest BCUT2D eigenvalue weighted by molar-refractivity contribution is 0.0780. The normalized spacial score (nSPS) is 19.2. The molecule has 0 aromatic carbocycles. The van der Waals surface area contributed by atoms with E-state index >= 15 is 0 Å². The third-order valence-corrected chi connectivity index (χ3v) is 5.02. The summed E-state index contributed by atoms with van der Waals surface area (Å²) < 4.78 is 0. The van der Waals surface area contributed by atoms with Crippen LogP contribution in [0.3, 0.4) is 0 Å². The van der Waals surface area contributed by atoms with E-state index in [1.54, 1.807) is 17.3 Å². The predicted octanol–water partition coefficient (Wildman–Crippen LogP) is 1.30. The Labute approximate surface area is 127 Å². The predicted molar refractivity (Wildman–Crippen MR) is 84.4 cm³/mol. The minimum atomic E-state index is -0.0353. The Morgan fingerprint density at radius 1 is 1.52 bits per heavy atom. The monoisotopic (exact) mass is 305 g/mol. The zero-order chi connectivity index (χ0) is 15.0. The number of carbonyl (C=O) groups excluding carboxylic acids is 1. The number of hydrogen-bond donors (Lipinski definition) is 1. The Bertz CT molecular complexity index is 670. The number of carbonyl (C=O) groups is 1. The first kappa shape index (κ1) is 14.2. The van der Waals surface area contributed by atoms with Crippen molar-refractivity contribution in [3.8, 4) is 0 Å². The van der Waals surface area contributed by atoms with Crippen LogP contribution in [-0.4, -0.2) is 59.4 Å². The fourth-order valence-electron chi connectivity index (χ4n) is 2.82. The average molecular weight is 305 g/mol. The van der Waals surface area contributed by atoms with Crippen molar-refractivity contribution in [3.63, 3.8) is 0 Å². The summed E-state index contributed by atoms with van der Waals surface area (Å²) in [5, 5.41) is 0. The van der Waals surface area contributed by atoms with Crippen LogP contribution >= 0.6 is 11.3 Å². The summed E-state index contributed by atoms with van der Waals surface area (Å²) in [5.74, 6) is 0.502. The van der Waals surface area contributed by atoms with Crippen LogP contribution in [0.15, 0.2) is 12.4 Å². The molecule has 0 aliphatic carbocycles. The highest BCUT2D eigenvalue weighted by Crippen LogP contribution is 2.31. The molecule has 7 heteroatoms. The van der Waals surface area contributed by atoms with Gasteiger partial charge in [0.2, 0.25) is 0 Å². The first-order chi connectivity index (χ1) is 10.1. The van der Waals surface area contributed by atoms with Crippen molar-refractivity contribution in [1.82, 2.24) is 19.8 Å². The van der Waals surface area contributed by atoms with Gasteiger partial charge >= 0.3 is 0 Å². The zero-order valence-electron chi connectivity index (χ0n) is 12.2. The molecule has 0 spiro atoms. The lowest BCUT2D eigenvalue weighted by Crippen LogP contribution is -2.32. The first-order valence-corrected chi connectivity index (χ1v) is 7.81. The van der Waals surface area contributed by atoms with Crippen molar-refractivity contribution in [2.75, 3.05) is 39.5 Å². The number of aromatic nitrogens is 2. The average Bonchev–Trinajstić information content (AvgIpc) is 3.03. The summed E-state index contributed by atoms with van der Waals surface area (Å²) in [6, 6.07) is 0. The van der Waals surface area contributed by atoms with Crippen LogP contribution in [-0.2, 0) is 0 Å². The number of nitrogens with zero attached hydrogens (tertiary/aromatic N) is 4. The van der Waals surface area contributed by atoms with E-state index in [1.807, 2.05) is 7.05 Å². The van der Waals surface area contributed by atoms with E-state index in [0.29, 0.717) is 26.8 Å². The van der Waals surface area contributed by atoms with Gasteiger partial charge in [0.15, 0.2) is 0 Å². The number of hydrogen-bond acceptors (Lipinski definition) is 6. The molecule has 1 atom stereocenters. The minimum absolute atomic E-state index is 0.0353. The fourth-order valence-corrected chi connectivity index (χ4v) is 3.84. The van der Waals surface area contributed by atoms with E-state index in [4.69, 9.17) is 5.73 Å². The van der Waals surface area contributed by atoms with Crippen LogP contribution in [0.2, 0.25) is 0 Å². The Balaban J connectivity index is 1.78. The molecule has 21 heavy (non-hydrogen) atoms. The molecule has 2 N–H and O–H groups in total. The number of likely N-dealkylation sites (tertiary alicyclic amines) is 1. The summed E-state index contributed by atoms with van der Waals surface area (Å²) in [7, 11) is 3.95. The van der Waals surface area contributed by atoms with E-state index in [0.717, 1.165) is 26.1 Å². The van der Waals surface area contributed by atoms with Crippen LogP contribution in [0.4, 0.5) is 5.69 Å². The molecule has 1 aliphatic rings. The van der Waals surface area contributed by atoms with Crippen LogP contribution in [0.1, 0.15) is 16.1 Å². The molecule has 0 radical (unpaired) electrons. The summed E-state index contributed by atoms with van der Waals surface area (Å²) in [6.45, 7) is 2.91. The molecule has 1 amide bonds. The molecule has 2 aromatic rings. The van der Waals surface area contributed by atoms with Gasteiger partial charge in [0.25, 0.3) is 5.91 Å². The minimum Gasteiger partial charge on any atom is -0.396 e. The molecule has 1 aliphatic heterocycles. The molecule has 2 aromatic heterocycles. The van der Waals surface area contributed by atoms with Crippen LogP contribution in [0.25, 0.3) is 10.3 Å². The Morgan fingerprint density at radius 2 is 2.29 bits per heavy atom. The number of amides is 1. The molecule has 0 saturated carbocycles. The van der Waals surface area contributed by atoms with Gasteiger partial charge in [0.1, 0.15) is 15.2 Å². The van der Waals surface area contributed by atoms with Gasteiger partial charge in [-0.1, -0.05) is 0 Å². The molecule has 1 saturated heterocycles. The number of fused-ring (bicyclic) bond motifs is 1. The van der Waals surface area contributed by atoms with Crippen molar-refractivity contribution in [2.45, 2.75) is 6.42 Å². The van der Waals surface area contributed by atoms with Gasteiger partial charge < -0.3 is 15.5 Å². The van der Waals surface area contributed by atoms with Crippen LogP contribution < -0.4 is 5.73 Å². The number of nitrogens with two attached hydrogens (primary N) is 1. The van der Waals surface area contributed by atoms with Crippen LogP contribution in [0, 0.1) is 5.92 Å². The zero-order valence-corrected chi connectivity index (χ0v) is 13.1. The lowest BCUT2D eigenvalue weighted by atomic mass is 10.1. The second-order valence-electron chi connectivity index (χ2n) is 5.66. The van der Waals surface area contributed by atoms with Gasteiger partial charge in [0, 0.05) is 32.5 Å². The molecule has 6 nitrogen and oxygen atoms in total. The van der Waals surface area contributed by atoms with Crippen molar-refractivity contribution < 1.29 is 4.79 Å². The summed E-state index contributed by atoms with van der Waals surface area (Å²) in [4.78, 5) is 26.3. The third kappa shape index (κ3) is 2.71. The summed E-state index contributed by atoms with van der Waals surface area (Å²) in [6.07, 6.45) is 4.35. The van der Waals surface area contributed by atoms with Gasteiger partial charge in [-0.25, -0.2) is 9.97 Å². The largest absolute Gasteiger partial charge is 0.396 e. The maximum atomic E-state index is 12.6. The van der Waals surface area contributed by atoms with Crippen molar-refractivity contribution >= 4 is 33.3 Å². The van der Waals surface area contributed by atoms with E-state index in [9.17, 15) is 4.79 Å². The maximum absolute atomic E-state index is 12.6. The Kier molecular flexibility index (Phi) is 3.77. The third-order valence-electron chi connectivity index (χ3n) is 3.93. The van der Waals surface area contributed by atoms with Gasteiger partial charge in [-0.3, -0.25) is 4.79 Å². The van der Waals surface area contributed by atoms with Gasteiger partial charge in [-0.15, -0.1) is 11.3 Å². The number of thiophene rings is 1. The highest BCUT2D eigenvalue weighted by atomic mass is 32.1. The van der Waals surface area contributed by atoms with E-state index in [2.05, 4.69) is 21.9 Å². The standard InChI is InChI=1S/C14H19N5OS/c1-18-6-3-9(7-18)8-19(2)14(20)12-10(15)11-13(21-12)17-5-4-16-11/h4-5,9H,3,6-8,15H2,1-2H3. The quantitative estimate of drug-likeness (QED) is 0.925. The molecular weight excluding hydrogens is 286 g/mol. The SMILES string of the molecule is CN1CCC(CN(C)C(=O)c2sc3nccnc3c2N)C1. The van der Waals surface area contributed by atoms with Gasteiger partial charge in [-0.2, -0.15) is 0 Å². The topological polar surface area (TPSA) is 75.3 Å². The number of nitrogen functional groups attached to an aromatic ring is 1. The highest BCUT2D eigenvalue weighted by molar-refractivity contribution is 7.21. The van der Waals surface area contributed by atoms with Gasteiger partial charge in [0.05, 0.1) is 5.69 Å². The molecule has 112 valence electrons. The van der Waals surface area contributed by atoms with Gasteiger partial charge in [-0.05, 0) is 25.9 Å². The molecular formula is C14H19N5OS. The number of rotatable bonds is 3. The molecule has 1 unspecified atom stereocenters. The smallest absolute Gasteiger partial charge is 0.265 e. The number of anilines is 1. The molecule has 1 fully saturated rings. The molecule has 3 heterocycles. The van der Waals surface area contributed by atoms with E-state index < -0.39 is 0 Å². The summed E-state index contributed by atoms with van der Waals surface area (Å²) >= 11 is 1.32.